The standard InChI is InChI=1S/C20H25N3O7S2/c1-4-30-17(24)12-22-14-9-8-13(19(26)29-2)11-16(14)31-20(22)21-18(25)15-7-5-6-10-23(15)32(3,27)28/h8-9,11,15H,4-7,10,12H2,1-3H3. The molecule has 0 bridgehead atoms. The Morgan fingerprint density at radius 1 is 1.25 bits per heavy atom. The Kier molecular flexibility index (Phi) is 7.47. The summed E-state index contributed by atoms with van der Waals surface area (Å²) in [5, 5.41) is 0. The number of benzene rings is 1. The van der Waals surface area contributed by atoms with Crippen molar-refractivity contribution in [3.63, 3.8) is 0 Å². The van der Waals surface area contributed by atoms with Crippen LogP contribution in [0.2, 0.25) is 0 Å². The van der Waals surface area contributed by atoms with Crippen molar-refractivity contribution < 1.29 is 32.3 Å². The third-order valence-electron chi connectivity index (χ3n) is 5.07. The highest BCUT2D eigenvalue weighted by Gasteiger charge is 2.34. The third kappa shape index (κ3) is 5.25. The summed E-state index contributed by atoms with van der Waals surface area (Å²) >= 11 is 1.12. The van der Waals surface area contributed by atoms with E-state index in [1.807, 2.05) is 0 Å². The monoisotopic (exact) mass is 483 g/mol. The average molecular weight is 484 g/mol. The van der Waals surface area contributed by atoms with Crippen molar-refractivity contribution in [3.8, 4) is 0 Å². The number of carbonyl (C=O) groups is 3. The lowest BCUT2D eigenvalue weighted by Crippen LogP contribution is -2.47. The molecule has 0 aliphatic carbocycles. The number of carbonyl (C=O) groups excluding carboxylic acids is 3. The van der Waals surface area contributed by atoms with E-state index in [1.54, 1.807) is 25.1 Å². The highest BCUT2D eigenvalue weighted by atomic mass is 32.2. The number of thiazole rings is 1. The highest BCUT2D eigenvalue weighted by molar-refractivity contribution is 7.88. The van der Waals surface area contributed by atoms with E-state index >= 15 is 0 Å². The number of amides is 1. The van der Waals surface area contributed by atoms with Gasteiger partial charge in [-0.2, -0.15) is 9.30 Å². The summed E-state index contributed by atoms with van der Waals surface area (Å²) in [7, 11) is -2.29. The van der Waals surface area contributed by atoms with Gasteiger partial charge >= 0.3 is 11.9 Å². The van der Waals surface area contributed by atoms with Gasteiger partial charge in [0.1, 0.15) is 12.6 Å². The zero-order valence-corrected chi connectivity index (χ0v) is 19.7. The second-order valence-corrected chi connectivity index (χ2v) is 10.2. The lowest BCUT2D eigenvalue weighted by atomic mass is 10.0. The fourth-order valence-electron chi connectivity index (χ4n) is 3.61. The van der Waals surface area contributed by atoms with Gasteiger partial charge in [-0.15, -0.1) is 0 Å². The Bertz CT molecular complexity index is 1210. The van der Waals surface area contributed by atoms with Crippen LogP contribution < -0.4 is 4.80 Å². The Morgan fingerprint density at radius 3 is 2.66 bits per heavy atom. The van der Waals surface area contributed by atoms with Crippen LogP contribution >= 0.6 is 11.3 Å². The van der Waals surface area contributed by atoms with E-state index < -0.39 is 33.9 Å². The van der Waals surface area contributed by atoms with E-state index in [1.165, 1.54) is 16.0 Å². The number of methoxy groups -OCH3 is 1. The highest BCUT2D eigenvalue weighted by Crippen LogP contribution is 2.22. The first-order valence-corrected chi connectivity index (χ1v) is 12.7. The summed E-state index contributed by atoms with van der Waals surface area (Å²) in [6.07, 6.45) is 2.85. The quantitative estimate of drug-likeness (QED) is 0.567. The van der Waals surface area contributed by atoms with Gasteiger partial charge in [0, 0.05) is 6.54 Å². The van der Waals surface area contributed by atoms with E-state index in [0.29, 0.717) is 28.6 Å². The van der Waals surface area contributed by atoms with Crippen molar-refractivity contribution in [2.75, 3.05) is 26.5 Å². The molecule has 174 valence electrons. The number of sulfonamides is 1. The second-order valence-electron chi connectivity index (χ2n) is 7.29. The maximum Gasteiger partial charge on any atom is 0.337 e. The molecule has 1 atom stereocenters. The fraction of sp³-hybridized carbons (Fsp3) is 0.500. The average Bonchev–Trinajstić information content (AvgIpc) is 3.08. The van der Waals surface area contributed by atoms with Crippen LogP contribution in [0.1, 0.15) is 36.5 Å². The third-order valence-corrected chi connectivity index (χ3v) is 7.40. The van der Waals surface area contributed by atoms with Gasteiger partial charge in [0.25, 0.3) is 5.91 Å². The van der Waals surface area contributed by atoms with Crippen LogP contribution in [0.25, 0.3) is 10.2 Å². The largest absolute Gasteiger partial charge is 0.465 e. The number of hydrogen-bond donors (Lipinski definition) is 0. The maximum absolute atomic E-state index is 13.0. The Morgan fingerprint density at radius 2 is 2.00 bits per heavy atom. The van der Waals surface area contributed by atoms with E-state index in [0.717, 1.165) is 24.0 Å². The number of ether oxygens (including phenoxy) is 2. The number of rotatable bonds is 6. The lowest BCUT2D eigenvalue weighted by Gasteiger charge is -2.31. The van der Waals surface area contributed by atoms with Crippen molar-refractivity contribution in [1.82, 2.24) is 8.87 Å². The van der Waals surface area contributed by atoms with Crippen LogP contribution in [0.15, 0.2) is 23.2 Å². The van der Waals surface area contributed by atoms with Crippen molar-refractivity contribution in [2.45, 2.75) is 38.8 Å². The summed E-state index contributed by atoms with van der Waals surface area (Å²) in [6.45, 7) is 1.97. The van der Waals surface area contributed by atoms with Crippen LogP contribution in [-0.2, 0) is 35.6 Å². The van der Waals surface area contributed by atoms with Gasteiger partial charge in [-0.05, 0) is 38.0 Å². The molecule has 1 fully saturated rings. The smallest absolute Gasteiger partial charge is 0.337 e. The zero-order chi connectivity index (χ0) is 23.5. The maximum atomic E-state index is 13.0. The molecule has 0 saturated carbocycles. The van der Waals surface area contributed by atoms with E-state index in [9.17, 15) is 22.8 Å². The molecular weight excluding hydrogens is 458 g/mol. The van der Waals surface area contributed by atoms with E-state index in [4.69, 9.17) is 9.47 Å². The van der Waals surface area contributed by atoms with Crippen LogP contribution in [0, 0.1) is 0 Å². The summed E-state index contributed by atoms with van der Waals surface area (Å²) in [5.74, 6) is -1.61. The normalized spacial score (nSPS) is 18.0. The molecule has 2 aromatic rings. The van der Waals surface area contributed by atoms with E-state index in [2.05, 4.69) is 4.99 Å². The van der Waals surface area contributed by atoms with Gasteiger partial charge in [0.15, 0.2) is 4.80 Å². The van der Waals surface area contributed by atoms with Gasteiger partial charge < -0.3 is 14.0 Å². The minimum absolute atomic E-state index is 0.183. The fourth-order valence-corrected chi connectivity index (χ4v) is 5.80. The topological polar surface area (TPSA) is 124 Å². The first-order valence-electron chi connectivity index (χ1n) is 10.1. The predicted octanol–water partition coefficient (Wildman–Crippen LogP) is 1.29. The van der Waals surface area contributed by atoms with Gasteiger partial charge in [-0.1, -0.05) is 17.8 Å². The molecule has 1 aliphatic heterocycles. The van der Waals surface area contributed by atoms with E-state index in [-0.39, 0.29) is 24.5 Å². The summed E-state index contributed by atoms with van der Waals surface area (Å²) in [6, 6.07) is 3.91. The predicted molar refractivity (Wildman–Crippen MR) is 118 cm³/mol. The van der Waals surface area contributed by atoms with Crippen molar-refractivity contribution in [3.05, 3.63) is 28.6 Å². The molecule has 1 amide bonds. The molecule has 10 nitrogen and oxygen atoms in total. The number of hydrogen-bond acceptors (Lipinski definition) is 8. The zero-order valence-electron chi connectivity index (χ0n) is 18.1. The molecule has 1 aromatic heterocycles. The van der Waals surface area contributed by atoms with Gasteiger partial charge in [0.05, 0.1) is 35.8 Å². The molecule has 3 rings (SSSR count). The number of fused-ring (bicyclic) bond motifs is 1. The molecule has 1 aromatic carbocycles. The molecule has 1 aliphatic rings. The van der Waals surface area contributed by atoms with Crippen LogP contribution in [-0.4, -0.2) is 67.7 Å². The summed E-state index contributed by atoms with van der Waals surface area (Å²) in [5.41, 5.74) is 0.906. The molecule has 12 heteroatoms. The summed E-state index contributed by atoms with van der Waals surface area (Å²) in [4.78, 5) is 41.5. The number of aromatic nitrogens is 1. The van der Waals surface area contributed by atoms with Crippen molar-refractivity contribution in [2.24, 2.45) is 4.99 Å². The Hall–Kier alpha value is -2.57. The van der Waals surface area contributed by atoms with Crippen LogP contribution in [0.4, 0.5) is 0 Å². The Labute approximate surface area is 189 Å². The van der Waals surface area contributed by atoms with Crippen LogP contribution in [0.5, 0.6) is 0 Å². The second kappa shape index (κ2) is 9.92. The first kappa shape index (κ1) is 24.1. The molecule has 2 heterocycles. The van der Waals surface area contributed by atoms with Gasteiger partial charge in [-0.3, -0.25) is 9.59 Å². The molecule has 0 radical (unpaired) electrons. The molecular formula is C20H25N3O7S2. The number of nitrogens with zero attached hydrogens (tertiary/aromatic N) is 3. The SMILES string of the molecule is CCOC(=O)Cn1c(=NC(=O)C2CCCCN2S(C)(=O)=O)sc2cc(C(=O)OC)ccc21. The number of esters is 2. The molecule has 0 spiro atoms. The summed E-state index contributed by atoms with van der Waals surface area (Å²) < 4.78 is 37.4. The van der Waals surface area contributed by atoms with Crippen LogP contribution in [0.3, 0.4) is 0 Å². The van der Waals surface area contributed by atoms with Gasteiger partial charge in [0.2, 0.25) is 10.0 Å². The Balaban J connectivity index is 2.09. The number of piperidine rings is 1. The first-order chi connectivity index (χ1) is 15.2. The molecule has 0 N–H and O–H groups in total. The molecule has 32 heavy (non-hydrogen) atoms. The van der Waals surface area contributed by atoms with Crippen molar-refractivity contribution in [1.29, 1.82) is 0 Å². The molecule has 1 unspecified atom stereocenters. The lowest BCUT2D eigenvalue weighted by molar-refractivity contribution is -0.143. The molecule has 1 saturated heterocycles. The van der Waals surface area contributed by atoms with Gasteiger partial charge in [-0.25, -0.2) is 13.2 Å². The minimum atomic E-state index is -3.57. The minimum Gasteiger partial charge on any atom is -0.465 e. The van der Waals surface area contributed by atoms with Crippen molar-refractivity contribution >= 4 is 49.4 Å².